The number of nitrogens with one attached hydrogen (secondary N) is 2. The number of carbonyl (C=O) groups is 1. The third-order valence-electron chi connectivity index (χ3n) is 3.97. The van der Waals surface area contributed by atoms with Gasteiger partial charge in [0, 0.05) is 35.6 Å². The Morgan fingerprint density at radius 1 is 1.14 bits per heavy atom. The molecule has 4 rings (SSSR count). The van der Waals surface area contributed by atoms with E-state index in [1.807, 2.05) is 31.2 Å². The maximum Gasteiger partial charge on any atom is 0.321 e. The molecule has 0 saturated heterocycles. The summed E-state index contributed by atoms with van der Waals surface area (Å²) in [5.41, 5.74) is 9.92. The Bertz CT molecular complexity index is 1140. The molecule has 3 aromatic heterocycles. The molecule has 4 aromatic rings. The maximum absolute atomic E-state index is 11.9. The predicted octanol–water partition coefficient (Wildman–Crippen LogP) is 3.54. The second kappa shape index (κ2) is 7.57. The van der Waals surface area contributed by atoms with Crippen LogP contribution < -0.4 is 16.4 Å². The SMILES string of the molecule is CCNC(=O)Nc1nc2cc(-c3cncc(N)n3)cc(-c3cccnc3)c2s1. The Hall–Kier alpha value is -3.59. The monoisotopic (exact) mass is 391 g/mol. The first-order valence-corrected chi connectivity index (χ1v) is 9.43. The van der Waals surface area contributed by atoms with Crippen LogP contribution in [0.5, 0.6) is 0 Å². The molecule has 8 nitrogen and oxygen atoms in total. The molecule has 0 fully saturated rings. The molecule has 0 bridgehead atoms. The molecule has 0 spiro atoms. The Morgan fingerprint density at radius 2 is 2.04 bits per heavy atom. The average molecular weight is 391 g/mol. The van der Waals surface area contributed by atoms with Gasteiger partial charge in [-0.1, -0.05) is 17.4 Å². The first-order valence-electron chi connectivity index (χ1n) is 8.61. The molecule has 3 heterocycles. The van der Waals surface area contributed by atoms with E-state index in [1.165, 1.54) is 17.5 Å². The van der Waals surface area contributed by atoms with E-state index >= 15 is 0 Å². The van der Waals surface area contributed by atoms with Crippen molar-refractivity contribution in [3.63, 3.8) is 0 Å². The van der Waals surface area contributed by atoms with Gasteiger partial charge in [-0.2, -0.15) is 0 Å². The lowest BCUT2D eigenvalue weighted by atomic mass is 10.0. The van der Waals surface area contributed by atoms with Crippen molar-refractivity contribution in [1.82, 2.24) is 25.3 Å². The standard InChI is InChI=1S/C19H17N7OS/c1-2-23-18(27)26-19-25-14-7-12(15-9-22-10-16(20)24-15)6-13(17(14)28-19)11-4-3-5-21-8-11/h3-10H,2H2,1H3,(H2,20,24)(H2,23,25,26,27). The first-order chi connectivity index (χ1) is 13.6. The van der Waals surface area contributed by atoms with Crippen molar-refractivity contribution >= 4 is 38.5 Å². The molecule has 0 aliphatic rings. The molecule has 2 amide bonds. The zero-order valence-corrected chi connectivity index (χ0v) is 15.8. The fourth-order valence-corrected chi connectivity index (χ4v) is 3.77. The van der Waals surface area contributed by atoms with E-state index in [1.54, 1.807) is 18.6 Å². The zero-order chi connectivity index (χ0) is 19.5. The topological polar surface area (TPSA) is 119 Å². The molecule has 0 atom stereocenters. The number of hydrogen-bond acceptors (Lipinski definition) is 7. The van der Waals surface area contributed by atoms with Gasteiger partial charge in [0.05, 0.1) is 28.3 Å². The Labute approximate surface area is 164 Å². The van der Waals surface area contributed by atoms with Gasteiger partial charge < -0.3 is 11.1 Å². The maximum atomic E-state index is 11.9. The van der Waals surface area contributed by atoms with Gasteiger partial charge in [-0.15, -0.1) is 0 Å². The number of benzene rings is 1. The highest BCUT2D eigenvalue weighted by atomic mass is 32.1. The molecule has 0 aliphatic carbocycles. The lowest BCUT2D eigenvalue weighted by molar-refractivity contribution is 0.252. The Kier molecular flexibility index (Phi) is 4.81. The smallest absolute Gasteiger partial charge is 0.321 e. The fourth-order valence-electron chi connectivity index (χ4n) is 2.79. The number of urea groups is 1. The van der Waals surface area contributed by atoms with Gasteiger partial charge in [-0.05, 0) is 25.1 Å². The molecule has 0 unspecified atom stereocenters. The van der Waals surface area contributed by atoms with Gasteiger partial charge >= 0.3 is 6.03 Å². The second-order valence-electron chi connectivity index (χ2n) is 5.95. The summed E-state index contributed by atoms with van der Waals surface area (Å²) in [6.07, 6.45) is 6.68. The summed E-state index contributed by atoms with van der Waals surface area (Å²) in [5, 5.41) is 5.99. The van der Waals surface area contributed by atoms with Crippen molar-refractivity contribution < 1.29 is 4.79 Å². The summed E-state index contributed by atoms with van der Waals surface area (Å²) in [5.74, 6) is 0.345. The Morgan fingerprint density at radius 3 is 2.79 bits per heavy atom. The minimum absolute atomic E-state index is 0.286. The van der Waals surface area contributed by atoms with Crippen LogP contribution >= 0.6 is 11.3 Å². The molecular weight excluding hydrogens is 374 g/mol. The van der Waals surface area contributed by atoms with E-state index in [2.05, 4.69) is 30.6 Å². The third kappa shape index (κ3) is 3.60. The molecule has 0 saturated carbocycles. The zero-order valence-electron chi connectivity index (χ0n) is 15.0. The van der Waals surface area contributed by atoms with Crippen LogP contribution in [0.1, 0.15) is 6.92 Å². The van der Waals surface area contributed by atoms with Crippen LogP contribution in [0.3, 0.4) is 0 Å². The predicted molar refractivity (Wildman–Crippen MR) is 111 cm³/mol. The van der Waals surface area contributed by atoms with Gasteiger partial charge in [0.25, 0.3) is 0 Å². The van der Waals surface area contributed by atoms with E-state index in [-0.39, 0.29) is 6.03 Å². The quantitative estimate of drug-likeness (QED) is 0.490. The van der Waals surface area contributed by atoms with E-state index in [9.17, 15) is 4.79 Å². The van der Waals surface area contributed by atoms with Crippen molar-refractivity contribution in [3.05, 3.63) is 49.1 Å². The van der Waals surface area contributed by atoms with Crippen LogP contribution in [0.2, 0.25) is 0 Å². The number of nitrogens with zero attached hydrogens (tertiary/aromatic N) is 4. The molecular formula is C19H17N7OS. The number of aromatic nitrogens is 4. The average Bonchev–Trinajstić information content (AvgIpc) is 3.10. The number of fused-ring (bicyclic) bond motifs is 1. The van der Waals surface area contributed by atoms with Crippen molar-refractivity contribution in [2.24, 2.45) is 0 Å². The number of nitrogen functional groups attached to an aromatic ring is 1. The van der Waals surface area contributed by atoms with E-state index in [0.717, 1.165) is 26.9 Å². The lowest BCUT2D eigenvalue weighted by Crippen LogP contribution is -2.28. The summed E-state index contributed by atoms with van der Waals surface area (Å²) in [6.45, 7) is 2.40. The number of nitrogens with two attached hydrogens (primary N) is 1. The van der Waals surface area contributed by atoms with Gasteiger partial charge in [0.1, 0.15) is 5.82 Å². The molecule has 140 valence electrons. The van der Waals surface area contributed by atoms with Gasteiger partial charge in [-0.25, -0.2) is 14.8 Å². The van der Waals surface area contributed by atoms with Crippen molar-refractivity contribution in [3.8, 4) is 22.4 Å². The highest BCUT2D eigenvalue weighted by molar-refractivity contribution is 7.22. The molecule has 0 radical (unpaired) electrons. The lowest BCUT2D eigenvalue weighted by Gasteiger charge is -2.07. The molecule has 9 heteroatoms. The number of thiazole rings is 1. The van der Waals surface area contributed by atoms with Crippen molar-refractivity contribution in [1.29, 1.82) is 0 Å². The highest BCUT2D eigenvalue weighted by Gasteiger charge is 2.15. The fraction of sp³-hybridized carbons (Fsp3) is 0.105. The van der Waals surface area contributed by atoms with Crippen LogP contribution in [0.25, 0.3) is 32.6 Å². The normalized spacial score (nSPS) is 10.8. The summed E-state index contributed by atoms with van der Waals surface area (Å²) in [7, 11) is 0. The van der Waals surface area contributed by atoms with E-state index < -0.39 is 0 Å². The number of pyridine rings is 1. The largest absolute Gasteiger partial charge is 0.382 e. The van der Waals surface area contributed by atoms with Gasteiger partial charge in [-0.3, -0.25) is 15.3 Å². The number of amides is 2. The first kappa shape index (κ1) is 17.8. The Balaban J connectivity index is 1.87. The molecule has 1 aromatic carbocycles. The number of anilines is 2. The molecule has 4 N–H and O–H groups in total. The summed E-state index contributed by atoms with van der Waals surface area (Å²) in [4.78, 5) is 29.2. The molecule has 0 aliphatic heterocycles. The highest BCUT2D eigenvalue weighted by Crippen LogP contribution is 2.38. The van der Waals surface area contributed by atoms with Crippen LogP contribution in [0.15, 0.2) is 49.1 Å². The van der Waals surface area contributed by atoms with Crippen molar-refractivity contribution in [2.45, 2.75) is 6.92 Å². The third-order valence-corrected chi connectivity index (χ3v) is 4.99. The summed E-state index contributed by atoms with van der Waals surface area (Å²) < 4.78 is 0.945. The summed E-state index contributed by atoms with van der Waals surface area (Å²) >= 11 is 1.41. The molecule has 28 heavy (non-hydrogen) atoms. The van der Waals surface area contributed by atoms with Crippen LogP contribution in [-0.4, -0.2) is 32.5 Å². The van der Waals surface area contributed by atoms with Crippen LogP contribution in [0, 0.1) is 0 Å². The number of hydrogen-bond donors (Lipinski definition) is 3. The van der Waals surface area contributed by atoms with Gasteiger partial charge in [0.2, 0.25) is 0 Å². The minimum atomic E-state index is -0.286. The van der Waals surface area contributed by atoms with Crippen molar-refractivity contribution in [2.75, 3.05) is 17.6 Å². The summed E-state index contributed by atoms with van der Waals surface area (Å²) in [6, 6.07) is 7.50. The second-order valence-corrected chi connectivity index (χ2v) is 6.95. The van der Waals surface area contributed by atoms with E-state index in [4.69, 9.17) is 5.73 Å². The number of carbonyl (C=O) groups excluding carboxylic acids is 1. The number of rotatable bonds is 4. The minimum Gasteiger partial charge on any atom is -0.382 e. The van der Waals surface area contributed by atoms with E-state index in [0.29, 0.717) is 23.2 Å². The van der Waals surface area contributed by atoms with Crippen LogP contribution in [0.4, 0.5) is 15.7 Å². The van der Waals surface area contributed by atoms with Gasteiger partial charge in [0.15, 0.2) is 5.13 Å². The van der Waals surface area contributed by atoms with Crippen LogP contribution in [-0.2, 0) is 0 Å².